The maximum atomic E-state index is 4.57. The summed E-state index contributed by atoms with van der Waals surface area (Å²) >= 11 is 0. The number of hydrogen-bond acceptors (Lipinski definition) is 6. The third kappa shape index (κ3) is 1.98. The van der Waals surface area contributed by atoms with Gasteiger partial charge in [0, 0.05) is 6.20 Å². The first-order valence-corrected chi connectivity index (χ1v) is 3.72. The molecule has 0 amide bonds. The van der Waals surface area contributed by atoms with Crippen LogP contribution in [0.3, 0.4) is 0 Å². The molecule has 0 aliphatic rings. The van der Waals surface area contributed by atoms with Gasteiger partial charge in [0.25, 0.3) is 0 Å². The van der Waals surface area contributed by atoms with E-state index in [4.69, 9.17) is 0 Å². The molecule has 6 heteroatoms. The van der Waals surface area contributed by atoms with Gasteiger partial charge < -0.3 is 9.84 Å². The van der Waals surface area contributed by atoms with Crippen LogP contribution in [-0.2, 0) is 6.54 Å². The Hall–Kier alpha value is -1.98. The second kappa shape index (κ2) is 3.61. The molecule has 0 aliphatic carbocycles. The number of aromatic nitrogens is 4. The summed E-state index contributed by atoms with van der Waals surface area (Å²) in [6.07, 6.45) is 2.90. The lowest BCUT2D eigenvalue weighted by atomic mass is 10.5. The first-order valence-electron chi connectivity index (χ1n) is 3.72. The topological polar surface area (TPSA) is 76.7 Å². The molecule has 0 atom stereocenters. The molecular formula is C7H7N5O. The summed E-state index contributed by atoms with van der Waals surface area (Å²) in [6, 6.07) is 3.61. The summed E-state index contributed by atoms with van der Waals surface area (Å²) < 4.78 is 4.57. The van der Waals surface area contributed by atoms with Crippen molar-refractivity contribution in [2.45, 2.75) is 6.54 Å². The molecule has 0 spiro atoms. The minimum Gasteiger partial charge on any atom is -0.361 e. The van der Waals surface area contributed by atoms with Gasteiger partial charge in [-0.15, -0.1) is 5.10 Å². The van der Waals surface area contributed by atoms with E-state index in [1.165, 1.54) is 6.39 Å². The summed E-state index contributed by atoms with van der Waals surface area (Å²) in [5.74, 6) is 1.28. The predicted molar refractivity (Wildman–Crippen MR) is 43.7 cm³/mol. The fourth-order valence-electron chi connectivity index (χ4n) is 0.836. The molecule has 6 nitrogen and oxygen atoms in total. The van der Waals surface area contributed by atoms with E-state index in [1.807, 2.05) is 6.07 Å². The lowest BCUT2D eigenvalue weighted by Gasteiger charge is -1.98. The SMILES string of the molecule is c1cnnc(NCc2ncon2)c1. The van der Waals surface area contributed by atoms with E-state index in [2.05, 4.69) is 30.2 Å². The standard InChI is InChI=1S/C7H7N5O/c1-2-6(11-10-3-1)8-4-7-9-5-13-12-7/h1-3,5H,4H2,(H,8,11). The highest BCUT2D eigenvalue weighted by atomic mass is 16.5. The van der Waals surface area contributed by atoms with Crippen molar-refractivity contribution in [2.24, 2.45) is 0 Å². The van der Waals surface area contributed by atoms with E-state index in [9.17, 15) is 0 Å². The van der Waals surface area contributed by atoms with Crippen LogP contribution in [0.4, 0.5) is 5.82 Å². The van der Waals surface area contributed by atoms with Crippen LogP contribution in [0.5, 0.6) is 0 Å². The molecule has 2 aromatic heterocycles. The van der Waals surface area contributed by atoms with Crippen molar-refractivity contribution in [3.63, 3.8) is 0 Å². The summed E-state index contributed by atoms with van der Waals surface area (Å²) in [4.78, 5) is 3.84. The van der Waals surface area contributed by atoms with Crippen LogP contribution in [0.15, 0.2) is 29.2 Å². The fraction of sp³-hybridized carbons (Fsp3) is 0.143. The van der Waals surface area contributed by atoms with Crippen molar-refractivity contribution in [1.82, 2.24) is 20.3 Å². The number of nitrogens with one attached hydrogen (secondary N) is 1. The highest BCUT2D eigenvalue weighted by Gasteiger charge is 1.97. The van der Waals surface area contributed by atoms with Crippen molar-refractivity contribution < 1.29 is 4.52 Å². The van der Waals surface area contributed by atoms with Crippen molar-refractivity contribution >= 4 is 5.82 Å². The second-order valence-corrected chi connectivity index (χ2v) is 2.31. The van der Waals surface area contributed by atoms with Crippen LogP contribution in [0.25, 0.3) is 0 Å². The van der Waals surface area contributed by atoms with Gasteiger partial charge >= 0.3 is 0 Å². The lowest BCUT2D eigenvalue weighted by molar-refractivity contribution is 0.411. The largest absolute Gasteiger partial charge is 0.361 e. The molecule has 66 valence electrons. The third-order valence-corrected chi connectivity index (χ3v) is 1.41. The smallest absolute Gasteiger partial charge is 0.213 e. The van der Waals surface area contributed by atoms with Crippen LogP contribution in [0.2, 0.25) is 0 Å². The van der Waals surface area contributed by atoms with E-state index in [-0.39, 0.29) is 0 Å². The van der Waals surface area contributed by atoms with Crippen LogP contribution in [-0.4, -0.2) is 20.3 Å². The Morgan fingerprint density at radius 3 is 3.15 bits per heavy atom. The van der Waals surface area contributed by atoms with E-state index in [0.717, 1.165) is 0 Å². The van der Waals surface area contributed by atoms with E-state index >= 15 is 0 Å². The van der Waals surface area contributed by atoms with E-state index in [0.29, 0.717) is 18.2 Å². The zero-order valence-electron chi connectivity index (χ0n) is 6.71. The van der Waals surface area contributed by atoms with Gasteiger partial charge in [0.15, 0.2) is 5.82 Å². The van der Waals surface area contributed by atoms with E-state index < -0.39 is 0 Å². The molecule has 0 radical (unpaired) electrons. The Labute approximate surface area is 74.0 Å². The molecule has 0 bridgehead atoms. The molecule has 0 saturated heterocycles. The van der Waals surface area contributed by atoms with Gasteiger partial charge in [-0.25, -0.2) is 0 Å². The van der Waals surface area contributed by atoms with Crippen LogP contribution < -0.4 is 5.32 Å². The molecular weight excluding hydrogens is 170 g/mol. The maximum absolute atomic E-state index is 4.57. The molecule has 2 aromatic rings. The number of anilines is 1. The summed E-state index contributed by atoms with van der Waals surface area (Å²) in [7, 11) is 0. The molecule has 0 unspecified atom stereocenters. The van der Waals surface area contributed by atoms with Gasteiger partial charge in [-0.05, 0) is 12.1 Å². The Kier molecular flexibility index (Phi) is 2.13. The van der Waals surface area contributed by atoms with Gasteiger partial charge in [0.1, 0.15) is 5.82 Å². The minimum atomic E-state index is 0.481. The lowest BCUT2D eigenvalue weighted by Crippen LogP contribution is -2.02. The van der Waals surface area contributed by atoms with Gasteiger partial charge in [-0.2, -0.15) is 10.1 Å². The van der Waals surface area contributed by atoms with Crippen LogP contribution >= 0.6 is 0 Å². The molecule has 1 N–H and O–H groups in total. The van der Waals surface area contributed by atoms with E-state index in [1.54, 1.807) is 12.3 Å². The first-order chi connectivity index (χ1) is 6.45. The van der Waals surface area contributed by atoms with Crippen molar-refractivity contribution in [3.8, 4) is 0 Å². The number of hydrogen-bond donors (Lipinski definition) is 1. The Morgan fingerprint density at radius 2 is 2.46 bits per heavy atom. The monoisotopic (exact) mass is 177 g/mol. The molecule has 13 heavy (non-hydrogen) atoms. The number of nitrogens with zero attached hydrogens (tertiary/aromatic N) is 4. The van der Waals surface area contributed by atoms with Gasteiger partial charge in [-0.1, -0.05) is 5.16 Å². The van der Waals surface area contributed by atoms with Gasteiger partial charge in [0.2, 0.25) is 6.39 Å². The summed E-state index contributed by atoms with van der Waals surface area (Å²) in [5.41, 5.74) is 0. The molecule has 0 aliphatic heterocycles. The molecule has 0 aromatic carbocycles. The van der Waals surface area contributed by atoms with Gasteiger partial charge in [-0.3, -0.25) is 0 Å². The average Bonchev–Trinajstić information content (AvgIpc) is 2.69. The van der Waals surface area contributed by atoms with Crippen molar-refractivity contribution in [1.29, 1.82) is 0 Å². The zero-order chi connectivity index (χ0) is 8.93. The fourth-order valence-corrected chi connectivity index (χ4v) is 0.836. The zero-order valence-corrected chi connectivity index (χ0v) is 6.71. The molecule has 2 rings (SSSR count). The first kappa shape index (κ1) is 7.66. The second-order valence-electron chi connectivity index (χ2n) is 2.31. The predicted octanol–water partition coefficient (Wildman–Crippen LogP) is 0.472. The minimum absolute atomic E-state index is 0.481. The summed E-state index contributed by atoms with van der Waals surface area (Å²) in [5, 5.41) is 14.2. The Balaban J connectivity index is 1.94. The molecule has 0 saturated carbocycles. The third-order valence-electron chi connectivity index (χ3n) is 1.41. The highest BCUT2D eigenvalue weighted by Crippen LogP contribution is 1.99. The van der Waals surface area contributed by atoms with Gasteiger partial charge in [0.05, 0.1) is 6.54 Å². The number of rotatable bonds is 3. The highest BCUT2D eigenvalue weighted by molar-refractivity contribution is 5.31. The Morgan fingerprint density at radius 1 is 1.46 bits per heavy atom. The quantitative estimate of drug-likeness (QED) is 0.734. The van der Waals surface area contributed by atoms with Crippen LogP contribution in [0, 0.1) is 0 Å². The normalized spacial score (nSPS) is 9.85. The van der Waals surface area contributed by atoms with Crippen molar-refractivity contribution in [2.75, 3.05) is 5.32 Å². The Bertz CT molecular complexity index is 346. The van der Waals surface area contributed by atoms with Crippen LogP contribution in [0.1, 0.15) is 5.82 Å². The average molecular weight is 177 g/mol. The molecule has 0 fully saturated rings. The summed E-state index contributed by atoms with van der Waals surface area (Å²) in [6.45, 7) is 0.481. The van der Waals surface area contributed by atoms with Crippen molar-refractivity contribution in [3.05, 3.63) is 30.5 Å². The maximum Gasteiger partial charge on any atom is 0.213 e. The molecule has 2 heterocycles.